The van der Waals surface area contributed by atoms with E-state index in [4.69, 9.17) is 10.00 Å². The summed E-state index contributed by atoms with van der Waals surface area (Å²) < 4.78 is 19.3. The Hall–Kier alpha value is -2.34. The minimum Gasteiger partial charge on any atom is -0.489 e. The number of hydrogen-bond donors (Lipinski definition) is 0. The van der Waals surface area contributed by atoms with E-state index in [1.165, 1.54) is 35.7 Å². The molecule has 1 aliphatic rings. The molecule has 3 rings (SSSR count). The van der Waals surface area contributed by atoms with Crippen molar-refractivity contribution in [2.45, 2.75) is 25.9 Å². The molecule has 0 aliphatic heterocycles. The van der Waals surface area contributed by atoms with E-state index in [9.17, 15) is 4.39 Å². The van der Waals surface area contributed by atoms with E-state index >= 15 is 0 Å². The second kappa shape index (κ2) is 5.34. The number of halogens is 1. The van der Waals surface area contributed by atoms with Gasteiger partial charge in [-0.1, -0.05) is 6.07 Å². The molecule has 0 atom stereocenters. The standard InChI is InChI=1S/C17H14FNO/c18-17-7-4-12(10-19)8-15(17)11-20-16-6-5-13-2-1-3-14(13)9-16/h4-9H,1-3,11H2. The molecular weight excluding hydrogens is 253 g/mol. The van der Waals surface area contributed by atoms with Crippen LogP contribution in [0.3, 0.4) is 0 Å². The van der Waals surface area contributed by atoms with Crippen LogP contribution >= 0.6 is 0 Å². The zero-order valence-electron chi connectivity index (χ0n) is 11.0. The van der Waals surface area contributed by atoms with Crippen molar-refractivity contribution in [1.82, 2.24) is 0 Å². The molecule has 2 nitrogen and oxygen atoms in total. The number of ether oxygens (including phenoxy) is 1. The second-order valence-corrected chi connectivity index (χ2v) is 4.99. The second-order valence-electron chi connectivity index (χ2n) is 4.99. The Morgan fingerprint density at radius 3 is 2.80 bits per heavy atom. The summed E-state index contributed by atoms with van der Waals surface area (Å²) >= 11 is 0. The normalized spacial score (nSPS) is 12.8. The number of hydrogen-bond acceptors (Lipinski definition) is 2. The van der Waals surface area contributed by atoms with Crippen molar-refractivity contribution in [2.75, 3.05) is 0 Å². The van der Waals surface area contributed by atoms with Crippen molar-refractivity contribution in [3.05, 3.63) is 64.5 Å². The van der Waals surface area contributed by atoms with Crippen LogP contribution in [0.25, 0.3) is 0 Å². The molecular formula is C17H14FNO. The van der Waals surface area contributed by atoms with Gasteiger partial charge in [0.25, 0.3) is 0 Å². The predicted molar refractivity (Wildman–Crippen MR) is 73.9 cm³/mol. The first-order chi connectivity index (χ1) is 9.76. The van der Waals surface area contributed by atoms with E-state index in [0.717, 1.165) is 18.6 Å². The van der Waals surface area contributed by atoms with Crippen LogP contribution in [0, 0.1) is 17.1 Å². The first-order valence-corrected chi connectivity index (χ1v) is 6.69. The van der Waals surface area contributed by atoms with Crippen LogP contribution in [0.15, 0.2) is 36.4 Å². The summed E-state index contributed by atoms with van der Waals surface area (Å²) in [4.78, 5) is 0. The fraction of sp³-hybridized carbons (Fsp3) is 0.235. The van der Waals surface area contributed by atoms with Crippen molar-refractivity contribution in [3.8, 4) is 11.8 Å². The molecule has 0 N–H and O–H groups in total. The van der Waals surface area contributed by atoms with Gasteiger partial charge in [0, 0.05) is 5.56 Å². The third-order valence-electron chi connectivity index (χ3n) is 3.64. The molecule has 0 unspecified atom stereocenters. The zero-order chi connectivity index (χ0) is 13.9. The molecule has 2 aromatic rings. The summed E-state index contributed by atoms with van der Waals surface area (Å²) in [6.07, 6.45) is 3.41. The molecule has 1 aliphatic carbocycles. The molecule has 2 aromatic carbocycles. The van der Waals surface area contributed by atoms with Gasteiger partial charge in [0.05, 0.1) is 11.6 Å². The number of nitrogens with zero attached hydrogens (tertiary/aromatic N) is 1. The van der Waals surface area contributed by atoms with Gasteiger partial charge in [0.2, 0.25) is 0 Å². The highest BCUT2D eigenvalue weighted by molar-refractivity contribution is 5.39. The maximum Gasteiger partial charge on any atom is 0.129 e. The van der Waals surface area contributed by atoms with Crippen LogP contribution < -0.4 is 4.74 Å². The highest BCUT2D eigenvalue weighted by atomic mass is 19.1. The molecule has 0 saturated carbocycles. The molecule has 0 amide bonds. The monoisotopic (exact) mass is 267 g/mol. The smallest absolute Gasteiger partial charge is 0.129 e. The fourth-order valence-corrected chi connectivity index (χ4v) is 2.55. The van der Waals surface area contributed by atoms with E-state index < -0.39 is 0 Å². The summed E-state index contributed by atoms with van der Waals surface area (Å²) in [7, 11) is 0. The highest BCUT2D eigenvalue weighted by Gasteiger charge is 2.11. The summed E-state index contributed by atoms with van der Waals surface area (Å²) in [6.45, 7) is 0.139. The average molecular weight is 267 g/mol. The molecule has 0 heterocycles. The molecule has 3 heteroatoms. The number of benzene rings is 2. The average Bonchev–Trinajstić information content (AvgIpc) is 2.94. The van der Waals surface area contributed by atoms with Gasteiger partial charge in [-0.2, -0.15) is 5.26 Å². The van der Waals surface area contributed by atoms with Crippen LogP contribution in [0.1, 0.15) is 28.7 Å². The lowest BCUT2D eigenvalue weighted by molar-refractivity contribution is 0.299. The third kappa shape index (κ3) is 2.50. The van der Waals surface area contributed by atoms with Crippen molar-refractivity contribution in [2.24, 2.45) is 0 Å². The molecule has 100 valence electrons. The van der Waals surface area contributed by atoms with E-state index in [-0.39, 0.29) is 12.4 Å². The summed E-state index contributed by atoms with van der Waals surface area (Å²) in [6, 6.07) is 12.4. The number of fused-ring (bicyclic) bond motifs is 1. The Kier molecular flexibility index (Phi) is 3.39. The topological polar surface area (TPSA) is 33.0 Å². The van der Waals surface area contributed by atoms with Gasteiger partial charge < -0.3 is 4.74 Å². The molecule has 0 saturated heterocycles. The van der Waals surface area contributed by atoms with Gasteiger partial charge >= 0.3 is 0 Å². The molecule has 0 bridgehead atoms. The van der Waals surface area contributed by atoms with Crippen molar-refractivity contribution < 1.29 is 9.13 Å². The van der Waals surface area contributed by atoms with Crippen LogP contribution in [-0.4, -0.2) is 0 Å². The lowest BCUT2D eigenvalue weighted by Gasteiger charge is -2.09. The summed E-state index contributed by atoms with van der Waals surface area (Å²) in [5, 5.41) is 8.83. The first-order valence-electron chi connectivity index (χ1n) is 6.69. The summed E-state index contributed by atoms with van der Waals surface area (Å²) in [5.74, 6) is 0.414. The maximum atomic E-state index is 13.6. The van der Waals surface area contributed by atoms with Crippen LogP contribution in [-0.2, 0) is 19.4 Å². The van der Waals surface area contributed by atoms with Gasteiger partial charge in [-0.25, -0.2) is 4.39 Å². The van der Waals surface area contributed by atoms with E-state index in [2.05, 4.69) is 6.07 Å². The number of aryl methyl sites for hydroxylation is 2. The first kappa shape index (κ1) is 12.7. The molecule has 0 spiro atoms. The zero-order valence-corrected chi connectivity index (χ0v) is 11.0. The van der Waals surface area contributed by atoms with E-state index in [1.54, 1.807) is 0 Å². The quantitative estimate of drug-likeness (QED) is 0.848. The van der Waals surface area contributed by atoms with E-state index in [0.29, 0.717) is 11.1 Å². The Bertz CT molecular complexity index is 688. The van der Waals surface area contributed by atoms with E-state index in [1.807, 2.05) is 18.2 Å². The lowest BCUT2D eigenvalue weighted by Crippen LogP contribution is -1.99. The largest absolute Gasteiger partial charge is 0.489 e. The maximum absolute atomic E-state index is 13.6. The fourth-order valence-electron chi connectivity index (χ4n) is 2.55. The Balaban J connectivity index is 1.75. The van der Waals surface area contributed by atoms with Crippen LogP contribution in [0.5, 0.6) is 5.75 Å². The predicted octanol–water partition coefficient (Wildman–Crippen LogP) is 3.77. The van der Waals surface area contributed by atoms with Crippen LogP contribution in [0.2, 0.25) is 0 Å². The lowest BCUT2D eigenvalue weighted by atomic mass is 10.1. The SMILES string of the molecule is N#Cc1ccc(F)c(COc2ccc3c(c2)CCC3)c1. The Morgan fingerprint density at radius 1 is 1.10 bits per heavy atom. The molecule has 0 fully saturated rings. The van der Waals surface area contributed by atoms with Gasteiger partial charge in [-0.15, -0.1) is 0 Å². The summed E-state index contributed by atoms with van der Waals surface area (Å²) in [5.41, 5.74) is 3.56. The van der Waals surface area contributed by atoms with Crippen molar-refractivity contribution in [1.29, 1.82) is 5.26 Å². The minimum atomic E-state index is -0.342. The molecule has 0 aromatic heterocycles. The third-order valence-corrected chi connectivity index (χ3v) is 3.64. The van der Waals surface area contributed by atoms with Gasteiger partial charge in [-0.05, 0) is 60.7 Å². The van der Waals surface area contributed by atoms with Gasteiger partial charge in [0.15, 0.2) is 0 Å². The molecule has 0 radical (unpaired) electrons. The Morgan fingerprint density at radius 2 is 1.95 bits per heavy atom. The van der Waals surface area contributed by atoms with Gasteiger partial charge in [0.1, 0.15) is 18.2 Å². The van der Waals surface area contributed by atoms with Crippen LogP contribution in [0.4, 0.5) is 4.39 Å². The van der Waals surface area contributed by atoms with Crippen molar-refractivity contribution in [3.63, 3.8) is 0 Å². The Labute approximate surface area is 117 Å². The number of rotatable bonds is 3. The number of nitriles is 1. The minimum absolute atomic E-state index is 0.139. The van der Waals surface area contributed by atoms with Gasteiger partial charge in [-0.3, -0.25) is 0 Å². The van der Waals surface area contributed by atoms with Crippen molar-refractivity contribution >= 4 is 0 Å². The highest BCUT2D eigenvalue weighted by Crippen LogP contribution is 2.26. The molecule has 20 heavy (non-hydrogen) atoms.